The van der Waals surface area contributed by atoms with Gasteiger partial charge in [0.25, 0.3) is 0 Å². The van der Waals surface area contributed by atoms with Crippen molar-refractivity contribution in [2.75, 3.05) is 11.9 Å². The van der Waals surface area contributed by atoms with Crippen LogP contribution in [0.2, 0.25) is 0 Å². The number of phenolic OH excluding ortho intramolecular Hbond substituents is 1. The van der Waals surface area contributed by atoms with E-state index in [0.717, 1.165) is 22.4 Å². The molecule has 0 fully saturated rings. The number of carbonyl (C=O) groups is 1. The zero-order chi connectivity index (χ0) is 22.3. The summed E-state index contributed by atoms with van der Waals surface area (Å²) < 4.78 is 11.0. The van der Waals surface area contributed by atoms with E-state index in [1.807, 2.05) is 33.8 Å². The van der Waals surface area contributed by atoms with Crippen molar-refractivity contribution in [3.05, 3.63) is 59.1 Å². The van der Waals surface area contributed by atoms with Crippen molar-refractivity contribution in [1.29, 1.82) is 0 Å². The summed E-state index contributed by atoms with van der Waals surface area (Å²) in [7, 11) is 1.62. The number of hydrogen-bond donors (Lipinski definition) is 1. The predicted molar refractivity (Wildman–Crippen MR) is 117 cm³/mol. The molecule has 1 aliphatic heterocycles. The second kappa shape index (κ2) is 7.54. The molecule has 1 aliphatic rings. The first-order chi connectivity index (χ1) is 14.6. The van der Waals surface area contributed by atoms with E-state index in [1.54, 1.807) is 37.4 Å². The highest BCUT2D eigenvalue weighted by atomic mass is 16.6. The first-order valence-electron chi connectivity index (χ1n) is 9.91. The molecular formula is C23H24N4O4. The molecule has 0 aliphatic carbocycles. The Morgan fingerprint density at radius 3 is 2.55 bits per heavy atom. The molecule has 0 radical (unpaired) electrons. The fourth-order valence-electron chi connectivity index (χ4n) is 3.38. The van der Waals surface area contributed by atoms with E-state index in [4.69, 9.17) is 19.2 Å². The number of phenols is 1. The van der Waals surface area contributed by atoms with Crippen LogP contribution in [-0.4, -0.2) is 39.7 Å². The summed E-state index contributed by atoms with van der Waals surface area (Å²) in [6.07, 6.45) is -0.501. The van der Waals surface area contributed by atoms with Crippen LogP contribution in [0, 0.1) is 6.92 Å². The van der Waals surface area contributed by atoms with Gasteiger partial charge < -0.3 is 14.4 Å². The van der Waals surface area contributed by atoms with E-state index in [-0.39, 0.29) is 5.75 Å². The first kappa shape index (κ1) is 20.6. The van der Waals surface area contributed by atoms with Crippen molar-refractivity contribution in [2.45, 2.75) is 39.8 Å². The molecular weight excluding hydrogens is 396 g/mol. The number of hydrogen-bond acceptors (Lipinski definition) is 7. The normalized spacial score (nSPS) is 13.0. The molecule has 0 spiro atoms. The van der Waals surface area contributed by atoms with Gasteiger partial charge >= 0.3 is 6.09 Å². The summed E-state index contributed by atoms with van der Waals surface area (Å²) in [6.45, 7) is 7.62. The van der Waals surface area contributed by atoms with Gasteiger partial charge in [-0.05, 0) is 64.1 Å². The highest BCUT2D eigenvalue weighted by Crippen LogP contribution is 2.35. The smallest absolute Gasteiger partial charge is 0.415 e. The Kier molecular flexibility index (Phi) is 5.00. The highest BCUT2D eigenvalue weighted by Gasteiger charge is 2.27. The van der Waals surface area contributed by atoms with Crippen molar-refractivity contribution >= 4 is 17.6 Å². The number of aliphatic imine (C=N–C) groups is 1. The van der Waals surface area contributed by atoms with Gasteiger partial charge in [-0.1, -0.05) is 5.16 Å². The summed E-state index contributed by atoms with van der Waals surface area (Å²) in [5.41, 5.74) is 3.83. The van der Waals surface area contributed by atoms with E-state index in [0.29, 0.717) is 29.5 Å². The lowest BCUT2D eigenvalue weighted by Crippen LogP contribution is -2.34. The summed E-state index contributed by atoms with van der Waals surface area (Å²) in [5.74, 6) is 1.25. The van der Waals surface area contributed by atoms with Gasteiger partial charge in [-0.2, -0.15) is 0 Å². The summed E-state index contributed by atoms with van der Waals surface area (Å²) in [6, 6.07) is 10.4. The number of aromatic nitrogens is 2. The number of aryl methyl sites for hydroxylation is 1. The zero-order valence-electron chi connectivity index (χ0n) is 18.1. The second-order valence-electron chi connectivity index (χ2n) is 8.38. The molecule has 0 saturated carbocycles. The van der Waals surface area contributed by atoms with Crippen LogP contribution in [-0.2, 0) is 11.3 Å². The van der Waals surface area contributed by atoms with Crippen LogP contribution >= 0.6 is 0 Å². The highest BCUT2D eigenvalue weighted by molar-refractivity contribution is 6.16. The number of benzene rings is 1. The summed E-state index contributed by atoms with van der Waals surface area (Å²) in [5, 5.41) is 13.8. The number of amides is 1. The van der Waals surface area contributed by atoms with Crippen molar-refractivity contribution in [3.63, 3.8) is 0 Å². The maximum Gasteiger partial charge on any atom is 0.415 e. The Labute approximate surface area is 180 Å². The van der Waals surface area contributed by atoms with Crippen molar-refractivity contribution < 1.29 is 19.2 Å². The molecule has 3 aromatic rings. The van der Waals surface area contributed by atoms with Crippen LogP contribution < -0.4 is 4.90 Å². The van der Waals surface area contributed by atoms with E-state index < -0.39 is 11.7 Å². The van der Waals surface area contributed by atoms with Gasteiger partial charge in [0, 0.05) is 18.2 Å². The van der Waals surface area contributed by atoms with Crippen LogP contribution in [0.25, 0.3) is 11.1 Å². The Bertz CT molecular complexity index is 1170. The summed E-state index contributed by atoms with van der Waals surface area (Å²) in [4.78, 5) is 23.5. The lowest BCUT2D eigenvalue weighted by molar-refractivity contribution is 0.0588. The Hall–Kier alpha value is -3.68. The number of nitrogens with zero attached hydrogens (tertiary/aromatic N) is 4. The Morgan fingerprint density at radius 2 is 1.87 bits per heavy atom. The molecule has 4 rings (SSSR count). The first-order valence-corrected chi connectivity index (χ1v) is 9.91. The van der Waals surface area contributed by atoms with Gasteiger partial charge in [-0.3, -0.25) is 9.89 Å². The maximum absolute atomic E-state index is 12.6. The number of carbonyl (C=O) groups excluding carboxylic acids is 1. The van der Waals surface area contributed by atoms with Gasteiger partial charge in [0.15, 0.2) is 5.76 Å². The Balaban J connectivity index is 1.84. The number of pyridine rings is 1. The molecule has 1 N–H and O–H groups in total. The third-order valence-electron chi connectivity index (χ3n) is 4.84. The van der Waals surface area contributed by atoms with Crippen molar-refractivity contribution in [2.24, 2.45) is 4.99 Å². The maximum atomic E-state index is 12.6. The quantitative estimate of drug-likeness (QED) is 0.656. The largest absolute Gasteiger partial charge is 0.508 e. The topological polar surface area (TPSA) is 101 Å². The predicted octanol–water partition coefficient (Wildman–Crippen LogP) is 4.47. The zero-order valence-corrected chi connectivity index (χ0v) is 18.1. The second-order valence-corrected chi connectivity index (χ2v) is 8.38. The number of rotatable bonds is 2. The fraction of sp³-hybridized carbons (Fsp3) is 0.304. The average molecular weight is 420 g/mol. The molecule has 8 nitrogen and oxygen atoms in total. The third kappa shape index (κ3) is 4.01. The van der Waals surface area contributed by atoms with Crippen LogP contribution in [0.5, 0.6) is 5.75 Å². The minimum absolute atomic E-state index is 0.163. The van der Waals surface area contributed by atoms with Crippen LogP contribution in [0.15, 0.2) is 45.9 Å². The molecule has 3 heterocycles. The average Bonchev–Trinajstić information content (AvgIpc) is 2.99. The molecule has 0 atom stereocenters. The van der Waals surface area contributed by atoms with E-state index in [2.05, 4.69) is 5.16 Å². The molecule has 1 amide bonds. The van der Waals surface area contributed by atoms with E-state index >= 15 is 0 Å². The minimum Gasteiger partial charge on any atom is -0.508 e. The van der Waals surface area contributed by atoms with Crippen LogP contribution in [0.3, 0.4) is 0 Å². The van der Waals surface area contributed by atoms with Crippen molar-refractivity contribution in [1.82, 2.24) is 10.1 Å². The number of ether oxygens (including phenoxy) is 1. The summed E-state index contributed by atoms with van der Waals surface area (Å²) >= 11 is 0. The van der Waals surface area contributed by atoms with Gasteiger partial charge in [-0.25, -0.2) is 9.78 Å². The van der Waals surface area contributed by atoms with E-state index in [1.165, 1.54) is 4.90 Å². The minimum atomic E-state index is -0.621. The SMILES string of the molecule is Cc1noc2c1-c1ccc(N(C)C(=O)OC(C)(C)C)nc1C(c1ccc(O)cc1)=NC2. The molecule has 160 valence electrons. The number of fused-ring (bicyclic) bond motifs is 3. The molecule has 8 heteroatoms. The van der Waals surface area contributed by atoms with Crippen LogP contribution in [0.4, 0.5) is 10.6 Å². The monoisotopic (exact) mass is 420 g/mol. The lowest BCUT2D eigenvalue weighted by Gasteiger charge is -2.24. The van der Waals surface area contributed by atoms with Gasteiger partial charge in [-0.15, -0.1) is 0 Å². The number of aromatic hydroxyl groups is 1. The molecule has 0 saturated heterocycles. The molecule has 1 aromatic carbocycles. The van der Waals surface area contributed by atoms with Gasteiger partial charge in [0.05, 0.1) is 22.7 Å². The fourth-order valence-corrected chi connectivity index (χ4v) is 3.38. The van der Waals surface area contributed by atoms with Crippen LogP contribution in [0.1, 0.15) is 43.5 Å². The van der Waals surface area contributed by atoms with Gasteiger partial charge in [0.1, 0.15) is 23.7 Å². The molecule has 31 heavy (non-hydrogen) atoms. The Morgan fingerprint density at radius 1 is 1.16 bits per heavy atom. The molecule has 0 bridgehead atoms. The molecule has 0 unspecified atom stereocenters. The lowest BCUT2D eigenvalue weighted by atomic mass is 9.97. The van der Waals surface area contributed by atoms with Gasteiger partial charge in [0.2, 0.25) is 0 Å². The third-order valence-corrected chi connectivity index (χ3v) is 4.84. The van der Waals surface area contributed by atoms with Crippen molar-refractivity contribution in [3.8, 4) is 16.9 Å². The molecule has 2 aromatic heterocycles. The van der Waals surface area contributed by atoms with E-state index in [9.17, 15) is 9.90 Å². The standard InChI is InChI=1S/C23H24N4O4/c1-13-19-16-10-11-18(27(5)22(29)30-23(2,3)4)25-21(16)20(24-12-17(19)31-26-13)14-6-8-15(28)9-7-14/h6-11,28H,12H2,1-5H3. The number of anilines is 1.